The number of amidine groups is 1. The molecule has 16 heavy (non-hydrogen) atoms. The summed E-state index contributed by atoms with van der Waals surface area (Å²) >= 11 is 12.6. The maximum absolute atomic E-state index is 5.62. The van der Waals surface area contributed by atoms with Gasteiger partial charge in [0.15, 0.2) is 0 Å². The first-order valence-electron chi connectivity index (χ1n) is 4.83. The number of hydrogen-bond acceptors (Lipinski definition) is 1. The molecule has 2 nitrogen and oxygen atoms in total. The van der Waals surface area contributed by atoms with E-state index in [2.05, 4.69) is 62.8 Å². The van der Waals surface area contributed by atoms with Gasteiger partial charge in [0.05, 0.1) is 11.6 Å². The second kappa shape index (κ2) is 6.03. The molecule has 1 aromatic carbocycles. The Bertz CT molecular complexity index is 393. The minimum absolute atomic E-state index is 0.227. The molecule has 0 bridgehead atoms. The molecule has 2 N–H and O–H groups in total. The first kappa shape index (κ1) is 14.0. The van der Waals surface area contributed by atoms with Gasteiger partial charge in [0.2, 0.25) is 0 Å². The van der Waals surface area contributed by atoms with Crippen molar-refractivity contribution in [3.8, 4) is 0 Å². The molecule has 0 radical (unpaired) electrons. The average molecular weight is 368 g/mol. The Morgan fingerprint density at radius 1 is 1.38 bits per heavy atom. The van der Waals surface area contributed by atoms with Crippen LogP contribution in [0, 0.1) is 0 Å². The Kier molecular flexibility index (Phi) is 5.28. The van der Waals surface area contributed by atoms with Crippen LogP contribution in [0.3, 0.4) is 0 Å². The number of benzene rings is 1. The largest absolute Gasteiger partial charge is 0.386 e. The van der Waals surface area contributed by atoms with Gasteiger partial charge in [-0.1, -0.05) is 13.8 Å². The molecule has 0 aliphatic heterocycles. The Morgan fingerprint density at radius 3 is 2.25 bits per heavy atom. The highest BCUT2D eigenvalue weighted by molar-refractivity contribution is 9.11. The van der Waals surface area contributed by atoms with Crippen molar-refractivity contribution >= 4 is 55.0 Å². The van der Waals surface area contributed by atoms with E-state index < -0.39 is 0 Å². The number of alkyl halides is 1. The molecular formula is C11H13Br2ClN2. The Balaban J connectivity index is 3.23. The van der Waals surface area contributed by atoms with E-state index in [-0.39, 0.29) is 5.88 Å². The lowest BCUT2D eigenvalue weighted by Gasteiger charge is -2.10. The predicted molar refractivity (Wildman–Crippen MR) is 77.9 cm³/mol. The van der Waals surface area contributed by atoms with E-state index in [9.17, 15) is 0 Å². The van der Waals surface area contributed by atoms with Crippen LogP contribution in [0.1, 0.15) is 25.3 Å². The average Bonchev–Trinajstić information content (AvgIpc) is 2.22. The summed E-state index contributed by atoms with van der Waals surface area (Å²) in [4.78, 5) is 4.25. The van der Waals surface area contributed by atoms with Crippen LogP contribution >= 0.6 is 43.5 Å². The number of nitrogens with two attached hydrogens (primary N) is 1. The quantitative estimate of drug-likeness (QED) is 0.474. The molecule has 1 aromatic rings. The van der Waals surface area contributed by atoms with Crippen molar-refractivity contribution in [3.63, 3.8) is 0 Å². The third-order valence-corrected chi connectivity index (χ3v) is 3.58. The van der Waals surface area contributed by atoms with Crippen molar-refractivity contribution in [2.24, 2.45) is 10.7 Å². The second-order valence-corrected chi connectivity index (χ2v) is 5.70. The highest BCUT2D eigenvalue weighted by Crippen LogP contribution is 2.36. The van der Waals surface area contributed by atoms with E-state index in [4.69, 9.17) is 17.3 Å². The molecular weight excluding hydrogens is 355 g/mol. The molecule has 0 atom stereocenters. The van der Waals surface area contributed by atoms with Gasteiger partial charge in [-0.3, -0.25) is 0 Å². The van der Waals surface area contributed by atoms with E-state index in [0.717, 1.165) is 14.6 Å². The van der Waals surface area contributed by atoms with E-state index >= 15 is 0 Å². The van der Waals surface area contributed by atoms with Crippen LogP contribution in [0.25, 0.3) is 0 Å². The standard InChI is InChI=1S/C11H13Br2ClN2/c1-6(2)7-3-8(12)11(9(13)4-7)16-10(15)5-14/h3-4,6H,5H2,1-2H3,(H2,15,16). The first-order chi connectivity index (χ1) is 7.45. The molecule has 0 heterocycles. The zero-order valence-electron chi connectivity index (χ0n) is 9.10. The van der Waals surface area contributed by atoms with Crippen LogP contribution in [0.2, 0.25) is 0 Å². The number of halogens is 3. The SMILES string of the molecule is CC(C)c1cc(Br)c(N=C(N)CCl)c(Br)c1. The molecule has 0 saturated carbocycles. The van der Waals surface area contributed by atoms with Gasteiger partial charge in [-0.15, -0.1) is 11.6 Å². The minimum atomic E-state index is 0.227. The summed E-state index contributed by atoms with van der Waals surface area (Å²) < 4.78 is 1.83. The smallest absolute Gasteiger partial charge is 0.115 e. The molecule has 0 aliphatic rings. The van der Waals surface area contributed by atoms with E-state index in [1.807, 2.05) is 0 Å². The Hall–Kier alpha value is -0.0600. The molecule has 0 aromatic heterocycles. The lowest BCUT2D eigenvalue weighted by atomic mass is 10.0. The van der Waals surface area contributed by atoms with Crippen molar-refractivity contribution < 1.29 is 0 Å². The van der Waals surface area contributed by atoms with Crippen LogP contribution in [0.4, 0.5) is 5.69 Å². The molecule has 1 rings (SSSR count). The van der Waals surface area contributed by atoms with Crippen molar-refractivity contribution in [3.05, 3.63) is 26.6 Å². The summed E-state index contributed by atoms with van der Waals surface area (Å²) in [5.74, 6) is 1.10. The van der Waals surface area contributed by atoms with Gasteiger partial charge in [-0.05, 0) is 55.5 Å². The summed E-state index contributed by atoms with van der Waals surface area (Å²) in [5.41, 5.74) is 7.64. The van der Waals surface area contributed by atoms with E-state index in [1.54, 1.807) is 0 Å². The monoisotopic (exact) mass is 366 g/mol. The zero-order chi connectivity index (χ0) is 12.3. The normalized spacial score (nSPS) is 12.2. The summed E-state index contributed by atoms with van der Waals surface area (Å²) in [6, 6.07) is 4.10. The molecule has 0 fully saturated rings. The van der Waals surface area contributed by atoms with Crippen LogP contribution in [-0.2, 0) is 0 Å². The van der Waals surface area contributed by atoms with Gasteiger partial charge >= 0.3 is 0 Å². The molecule has 0 amide bonds. The highest BCUT2D eigenvalue weighted by Gasteiger charge is 2.09. The number of hydrogen-bond donors (Lipinski definition) is 1. The van der Waals surface area contributed by atoms with Crippen LogP contribution in [0.15, 0.2) is 26.1 Å². The van der Waals surface area contributed by atoms with Crippen molar-refractivity contribution in [2.45, 2.75) is 19.8 Å². The molecule has 0 spiro atoms. The molecule has 0 aliphatic carbocycles. The maximum Gasteiger partial charge on any atom is 0.115 e. The fourth-order valence-electron chi connectivity index (χ4n) is 1.20. The summed E-state index contributed by atoms with van der Waals surface area (Å²) in [5, 5.41) is 0. The Labute approximate surface area is 118 Å². The third-order valence-electron chi connectivity index (χ3n) is 2.10. The highest BCUT2D eigenvalue weighted by atomic mass is 79.9. The third kappa shape index (κ3) is 3.47. The fourth-order valence-corrected chi connectivity index (χ4v) is 2.66. The van der Waals surface area contributed by atoms with Crippen molar-refractivity contribution in [1.82, 2.24) is 0 Å². The number of aliphatic imine (C=N–C) groups is 1. The van der Waals surface area contributed by atoms with Crippen LogP contribution in [0.5, 0.6) is 0 Å². The van der Waals surface area contributed by atoms with Gasteiger partial charge in [0.25, 0.3) is 0 Å². The fraction of sp³-hybridized carbons (Fsp3) is 0.364. The van der Waals surface area contributed by atoms with Crippen molar-refractivity contribution in [1.29, 1.82) is 0 Å². The van der Waals surface area contributed by atoms with Crippen molar-refractivity contribution in [2.75, 3.05) is 5.88 Å². The minimum Gasteiger partial charge on any atom is -0.386 e. The second-order valence-electron chi connectivity index (χ2n) is 3.72. The van der Waals surface area contributed by atoms with Gasteiger partial charge in [0.1, 0.15) is 5.84 Å². The van der Waals surface area contributed by atoms with E-state index in [1.165, 1.54) is 5.56 Å². The van der Waals surface area contributed by atoms with Gasteiger partial charge in [0, 0.05) is 8.95 Å². The summed E-state index contributed by atoms with van der Waals surface area (Å²) in [7, 11) is 0. The van der Waals surface area contributed by atoms with Crippen LogP contribution < -0.4 is 5.73 Å². The van der Waals surface area contributed by atoms with E-state index in [0.29, 0.717) is 11.8 Å². The number of rotatable bonds is 3. The Morgan fingerprint density at radius 2 is 1.88 bits per heavy atom. The summed E-state index contributed by atoms with van der Waals surface area (Å²) in [6.07, 6.45) is 0. The zero-order valence-corrected chi connectivity index (χ0v) is 13.0. The van der Waals surface area contributed by atoms with Gasteiger partial charge < -0.3 is 5.73 Å². The van der Waals surface area contributed by atoms with Gasteiger partial charge in [-0.25, -0.2) is 4.99 Å². The summed E-state index contributed by atoms with van der Waals surface area (Å²) in [6.45, 7) is 4.29. The number of nitrogens with zero attached hydrogens (tertiary/aromatic N) is 1. The first-order valence-corrected chi connectivity index (χ1v) is 6.95. The lowest BCUT2D eigenvalue weighted by molar-refractivity contribution is 0.865. The topological polar surface area (TPSA) is 38.4 Å². The predicted octanol–water partition coefficient (Wildman–Crippen LogP) is 4.56. The van der Waals surface area contributed by atoms with Crippen LogP contribution in [-0.4, -0.2) is 11.7 Å². The molecule has 0 saturated heterocycles. The van der Waals surface area contributed by atoms with Gasteiger partial charge in [-0.2, -0.15) is 0 Å². The maximum atomic E-state index is 5.62. The lowest BCUT2D eigenvalue weighted by Crippen LogP contribution is -2.12. The molecule has 88 valence electrons. The molecule has 0 unspecified atom stereocenters. The molecule has 5 heteroatoms.